The maximum Gasteiger partial charge on any atom is 0.133 e. The molecule has 0 aliphatic heterocycles. The molecule has 1 nitrogen and oxygen atoms in total. The van der Waals surface area contributed by atoms with Gasteiger partial charge in [0.1, 0.15) is 5.78 Å². The van der Waals surface area contributed by atoms with E-state index in [1.807, 2.05) is 6.08 Å². The standard InChI is InChI=1S/C8H14O/c1-3-4-5-6-7-8(2)9/h5-6H,3-4,7H2,1-2H3/b6-5+. The van der Waals surface area contributed by atoms with E-state index in [4.69, 9.17) is 0 Å². The molecule has 0 amide bonds. The van der Waals surface area contributed by atoms with Gasteiger partial charge in [-0.2, -0.15) is 0 Å². The van der Waals surface area contributed by atoms with E-state index in [1.54, 1.807) is 6.92 Å². The normalized spacial score (nSPS) is 10.4. The lowest BCUT2D eigenvalue weighted by Crippen LogP contribution is -1.83. The highest BCUT2D eigenvalue weighted by atomic mass is 16.1. The highest BCUT2D eigenvalue weighted by Crippen LogP contribution is 1.91. The fourth-order valence-electron chi connectivity index (χ4n) is 0.534. The van der Waals surface area contributed by atoms with Crippen LogP contribution in [0.4, 0.5) is 0 Å². The summed E-state index contributed by atoms with van der Waals surface area (Å²) in [4.78, 5) is 10.4. The molecule has 0 aromatic heterocycles. The zero-order valence-electron chi connectivity index (χ0n) is 6.18. The predicted molar refractivity (Wildman–Crippen MR) is 39.3 cm³/mol. The SMILES string of the molecule is CCC/C=C/CC(C)=O. The van der Waals surface area contributed by atoms with Crippen LogP contribution in [-0.4, -0.2) is 5.78 Å². The molecule has 0 aliphatic rings. The molecule has 0 heterocycles. The summed E-state index contributed by atoms with van der Waals surface area (Å²) in [5.74, 6) is 0.238. The lowest BCUT2D eigenvalue weighted by molar-refractivity contribution is -0.116. The van der Waals surface area contributed by atoms with Crippen LogP contribution in [0.15, 0.2) is 12.2 Å². The number of carbonyl (C=O) groups is 1. The molecular formula is C8H14O. The van der Waals surface area contributed by atoms with Gasteiger partial charge in [-0.05, 0) is 13.3 Å². The molecular weight excluding hydrogens is 112 g/mol. The molecule has 52 valence electrons. The second kappa shape index (κ2) is 5.54. The highest BCUT2D eigenvalue weighted by Gasteiger charge is 1.83. The van der Waals surface area contributed by atoms with E-state index in [0.29, 0.717) is 6.42 Å². The summed E-state index contributed by atoms with van der Waals surface area (Å²) < 4.78 is 0. The first-order valence-electron chi connectivity index (χ1n) is 3.41. The van der Waals surface area contributed by atoms with Crippen LogP contribution in [0.1, 0.15) is 33.1 Å². The van der Waals surface area contributed by atoms with Gasteiger partial charge in [-0.3, -0.25) is 4.79 Å². The summed E-state index contributed by atoms with van der Waals surface area (Å²) in [6, 6.07) is 0. The third-order valence-corrected chi connectivity index (χ3v) is 1.03. The first-order valence-corrected chi connectivity index (χ1v) is 3.41. The Kier molecular flexibility index (Phi) is 5.18. The maximum atomic E-state index is 10.4. The van der Waals surface area contributed by atoms with Crippen molar-refractivity contribution in [1.29, 1.82) is 0 Å². The number of ketones is 1. The number of carbonyl (C=O) groups excluding carboxylic acids is 1. The minimum atomic E-state index is 0.238. The van der Waals surface area contributed by atoms with Crippen LogP contribution in [0, 0.1) is 0 Å². The quantitative estimate of drug-likeness (QED) is 0.528. The van der Waals surface area contributed by atoms with Gasteiger partial charge < -0.3 is 0 Å². The van der Waals surface area contributed by atoms with Gasteiger partial charge >= 0.3 is 0 Å². The molecule has 0 radical (unpaired) electrons. The fourth-order valence-corrected chi connectivity index (χ4v) is 0.534. The maximum absolute atomic E-state index is 10.4. The minimum Gasteiger partial charge on any atom is -0.300 e. The Morgan fingerprint density at radius 2 is 2.11 bits per heavy atom. The van der Waals surface area contributed by atoms with Crippen molar-refractivity contribution in [2.45, 2.75) is 33.1 Å². The molecule has 0 spiro atoms. The molecule has 0 aromatic carbocycles. The summed E-state index contributed by atoms with van der Waals surface area (Å²) in [5.41, 5.74) is 0. The van der Waals surface area contributed by atoms with Crippen molar-refractivity contribution < 1.29 is 4.79 Å². The first-order chi connectivity index (χ1) is 4.27. The Labute approximate surface area is 56.8 Å². The van der Waals surface area contributed by atoms with Crippen LogP contribution < -0.4 is 0 Å². The molecule has 0 aliphatic carbocycles. The Morgan fingerprint density at radius 3 is 2.56 bits per heavy atom. The molecule has 0 bridgehead atoms. The Bertz CT molecular complexity index is 103. The van der Waals surface area contributed by atoms with E-state index >= 15 is 0 Å². The van der Waals surface area contributed by atoms with Gasteiger partial charge in [-0.25, -0.2) is 0 Å². The molecule has 0 aromatic rings. The van der Waals surface area contributed by atoms with Crippen molar-refractivity contribution in [1.82, 2.24) is 0 Å². The summed E-state index contributed by atoms with van der Waals surface area (Å²) in [6.45, 7) is 3.73. The number of Topliss-reactive ketones (excluding diaryl/α,β-unsaturated/α-hetero) is 1. The predicted octanol–water partition coefficient (Wildman–Crippen LogP) is 2.32. The molecule has 9 heavy (non-hydrogen) atoms. The summed E-state index contributed by atoms with van der Waals surface area (Å²) in [5, 5.41) is 0. The third kappa shape index (κ3) is 7.41. The number of unbranched alkanes of at least 4 members (excludes halogenated alkanes) is 1. The lowest BCUT2D eigenvalue weighted by atomic mass is 10.2. The van der Waals surface area contributed by atoms with Crippen LogP contribution in [-0.2, 0) is 4.79 Å². The molecule has 0 unspecified atom stereocenters. The summed E-state index contributed by atoms with van der Waals surface area (Å²) >= 11 is 0. The van der Waals surface area contributed by atoms with Crippen molar-refractivity contribution in [2.75, 3.05) is 0 Å². The van der Waals surface area contributed by atoms with Crippen LogP contribution in [0.25, 0.3) is 0 Å². The molecule has 0 saturated carbocycles. The van der Waals surface area contributed by atoms with Gasteiger partial charge in [0.25, 0.3) is 0 Å². The van der Waals surface area contributed by atoms with Gasteiger partial charge in [0.05, 0.1) is 0 Å². The largest absolute Gasteiger partial charge is 0.300 e. The highest BCUT2D eigenvalue weighted by molar-refractivity contribution is 5.76. The number of allylic oxidation sites excluding steroid dienone is 2. The van der Waals surface area contributed by atoms with Crippen molar-refractivity contribution in [2.24, 2.45) is 0 Å². The van der Waals surface area contributed by atoms with E-state index in [2.05, 4.69) is 13.0 Å². The van der Waals surface area contributed by atoms with Gasteiger partial charge in [0, 0.05) is 6.42 Å². The lowest BCUT2D eigenvalue weighted by Gasteiger charge is -1.83. The van der Waals surface area contributed by atoms with E-state index in [-0.39, 0.29) is 5.78 Å². The summed E-state index contributed by atoms with van der Waals surface area (Å²) in [7, 11) is 0. The fraction of sp³-hybridized carbons (Fsp3) is 0.625. The smallest absolute Gasteiger partial charge is 0.133 e. The molecule has 0 saturated heterocycles. The molecule has 0 N–H and O–H groups in total. The second-order valence-corrected chi connectivity index (χ2v) is 2.17. The number of hydrogen-bond acceptors (Lipinski definition) is 1. The average Bonchev–Trinajstić information content (AvgIpc) is 1.80. The van der Waals surface area contributed by atoms with Crippen molar-refractivity contribution in [3.63, 3.8) is 0 Å². The molecule has 0 fully saturated rings. The molecule has 1 heteroatoms. The zero-order chi connectivity index (χ0) is 7.11. The van der Waals surface area contributed by atoms with Crippen LogP contribution in [0.3, 0.4) is 0 Å². The van der Waals surface area contributed by atoms with Gasteiger partial charge in [-0.1, -0.05) is 25.5 Å². The summed E-state index contributed by atoms with van der Waals surface area (Å²) in [6.07, 6.45) is 6.84. The Morgan fingerprint density at radius 1 is 1.44 bits per heavy atom. The molecule has 0 rings (SSSR count). The van der Waals surface area contributed by atoms with E-state index in [0.717, 1.165) is 12.8 Å². The zero-order valence-corrected chi connectivity index (χ0v) is 6.18. The van der Waals surface area contributed by atoms with Crippen LogP contribution >= 0.6 is 0 Å². The van der Waals surface area contributed by atoms with Crippen molar-refractivity contribution >= 4 is 5.78 Å². The number of hydrogen-bond donors (Lipinski definition) is 0. The van der Waals surface area contributed by atoms with E-state index < -0.39 is 0 Å². The van der Waals surface area contributed by atoms with Gasteiger partial charge in [-0.15, -0.1) is 0 Å². The van der Waals surface area contributed by atoms with Gasteiger partial charge in [0.2, 0.25) is 0 Å². The monoisotopic (exact) mass is 126 g/mol. The first kappa shape index (κ1) is 8.41. The Balaban J connectivity index is 3.14. The minimum absolute atomic E-state index is 0.238. The van der Waals surface area contributed by atoms with Crippen molar-refractivity contribution in [3.8, 4) is 0 Å². The molecule has 0 atom stereocenters. The second-order valence-electron chi connectivity index (χ2n) is 2.17. The van der Waals surface area contributed by atoms with Crippen molar-refractivity contribution in [3.05, 3.63) is 12.2 Å². The van der Waals surface area contributed by atoms with Gasteiger partial charge in [0.15, 0.2) is 0 Å². The van der Waals surface area contributed by atoms with E-state index in [1.165, 1.54) is 0 Å². The Hall–Kier alpha value is -0.590. The van der Waals surface area contributed by atoms with Crippen LogP contribution in [0.2, 0.25) is 0 Å². The third-order valence-electron chi connectivity index (χ3n) is 1.03. The number of rotatable bonds is 4. The topological polar surface area (TPSA) is 17.1 Å². The average molecular weight is 126 g/mol. The van der Waals surface area contributed by atoms with Crippen LogP contribution in [0.5, 0.6) is 0 Å². The van der Waals surface area contributed by atoms with E-state index in [9.17, 15) is 4.79 Å².